The van der Waals surface area contributed by atoms with Crippen LogP contribution in [-0.2, 0) is 22.4 Å². The lowest BCUT2D eigenvalue weighted by Crippen LogP contribution is -2.28. The molecule has 0 radical (unpaired) electrons. The van der Waals surface area contributed by atoms with Gasteiger partial charge in [0.1, 0.15) is 5.56 Å². The minimum Gasteiger partial charge on any atom is -0.481 e. The molecule has 4 N–H and O–H groups in total. The van der Waals surface area contributed by atoms with E-state index in [-0.39, 0.29) is 17.6 Å². The number of aromatic carboxylic acids is 1. The van der Waals surface area contributed by atoms with Crippen LogP contribution in [0.15, 0.2) is 60.3 Å². The van der Waals surface area contributed by atoms with Crippen molar-refractivity contribution in [3.05, 3.63) is 77.2 Å². The lowest BCUT2D eigenvalue weighted by atomic mass is 9.80. The fraction of sp³-hybridized carbons (Fsp3) is 0.238. The summed E-state index contributed by atoms with van der Waals surface area (Å²) in [7, 11) is 0. The van der Waals surface area contributed by atoms with Gasteiger partial charge in [-0.3, -0.25) is 9.89 Å². The molecule has 2 aromatic rings. The normalized spacial score (nSPS) is 17.6. The zero-order valence-corrected chi connectivity index (χ0v) is 15.8. The molecule has 0 saturated carbocycles. The number of aromatic amines is 1. The van der Waals surface area contributed by atoms with Gasteiger partial charge in [0.05, 0.1) is 11.1 Å². The van der Waals surface area contributed by atoms with Gasteiger partial charge in [-0.2, -0.15) is 5.10 Å². The zero-order valence-electron chi connectivity index (χ0n) is 15.8. The standard InChI is InChI=1S/C12H12N2O2.C9H10O4/c15-12(16)10-8-13-14-11(10)7-6-9-4-2-1-3-5-9;1-9(8(12)13)4-2-3-6(5-9)7(10)11/h1-5,8H,6-7H2,(H,13,14)(H,15,16);2-4H,5H2,1H3,(H,10,11)(H,12,13). The fourth-order valence-electron chi connectivity index (χ4n) is 2.79. The third kappa shape index (κ3) is 5.90. The number of nitrogens with one attached hydrogen (secondary N) is 1. The highest BCUT2D eigenvalue weighted by Gasteiger charge is 2.34. The average molecular weight is 398 g/mol. The number of benzene rings is 1. The summed E-state index contributed by atoms with van der Waals surface area (Å²) in [6.45, 7) is 1.50. The summed E-state index contributed by atoms with van der Waals surface area (Å²) in [4.78, 5) is 32.2. The third-order valence-electron chi connectivity index (χ3n) is 4.53. The highest BCUT2D eigenvalue weighted by Crippen LogP contribution is 2.31. The predicted octanol–water partition coefficient (Wildman–Crippen LogP) is 2.94. The molecule has 0 bridgehead atoms. The molecular weight excluding hydrogens is 376 g/mol. The first-order chi connectivity index (χ1) is 13.7. The number of hydrogen-bond acceptors (Lipinski definition) is 4. The van der Waals surface area contributed by atoms with E-state index < -0.39 is 23.3 Å². The molecular formula is C21H22N2O6. The molecule has 0 aliphatic heterocycles. The molecule has 1 aliphatic rings. The lowest BCUT2D eigenvalue weighted by molar-refractivity contribution is -0.145. The number of aryl methyl sites for hydroxylation is 2. The first kappa shape index (κ1) is 21.6. The molecule has 1 atom stereocenters. The number of nitrogens with zero attached hydrogens (tertiary/aromatic N) is 1. The molecule has 1 unspecified atom stereocenters. The fourth-order valence-corrected chi connectivity index (χ4v) is 2.79. The van der Waals surface area contributed by atoms with Gasteiger partial charge in [-0.25, -0.2) is 9.59 Å². The van der Waals surface area contributed by atoms with Gasteiger partial charge in [-0.1, -0.05) is 48.6 Å². The molecule has 0 fully saturated rings. The minimum absolute atomic E-state index is 0.0359. The average Bonchev–Trinajstić information content (AvgIpc) is 3.17. The summed E-state index contributed by atoms with van der Waals surface area (Å²) in [6, 6.07) is 9.94. The Morgan fingerprint density at radius 2 is 1.76 bits per heavy atom. The van der Waals surface area contributed by atoms with Crippen molar-refractivity contribution in [2.24, 2.45) is 5.41 Å². The van der Waals surface area contributed by atoms with Crippen molar-refractivity contribution in [1.29, 1.82) is 0 Å². The van der Waals surface area contributed by atoms with Crippen molar-refractivity contribution in [2.75, 3.05) is 0 Å². The Kier molecular flexibility index (Phi) is 7.08. The highest BCUT2D eigenvalue weighted by molar-refractivity contribution is 5.90. The Morgan fingerprint density at radius 1 is 1.07 bits per heavy atom. The molecule has 0 amide bonds. The Balaban J connectivity index is 0.000000212. The maximum Gasteiger partial charge on any atom is 0.339 e. The molecule has 8 nitrogen and oxygen atoms in total. The minimum atomic E-state index is -1.08. The van der Waals surface area contributed by atoms with Crippen LogP contribution in [0.3, 0.4) is 0 Å². The van der Waals surface area contributed by atoms with E-state index in [1.54, 1.807) is 0 Å². The largest absolute Gasteiger partial charge is 0.481 e. The van der Waals surface area contributed by atoms with Crippen molar-refractivity contribution in [2.45, 2.75) is 26.2 Å². The summed E-state index contributed by atoms with van der Waals surface area (Å²) in [5.41, 5.74) is 1.10. The van der Waals surface area contributed by atoms with Crippen LogP contribution in [0.5, 0.6) is 0 Å². The number of H-pyrrole nitrogens is 1. The second-order valence-corrected chi connectivity index (χ2v) is 6.79. The van der Waals surface area contributed by atoms with Crippen LogP contribution in [0.1, 0.15) is 35.0 Å². The van der Waals surface area contributed by atoms with Crippen molar-refractivity contribution >= 4 is 17.9 Å². The van der Waals surface area contributed by atoms with Crippen LogP contribution >= 0.6 is 0 Å². The second kappa shape index (κ2) is 9.50. The molecule has 3 rings (SSSR count). The van der Waals surface area contributed by atoms with Crippen LogP contribution in [0.4, 0.5) is 0 Å². The number of aromatic nitrogens is 2. The Morgan fingerprint density at radius 3 is 2.34 bits per heavy atom. The lowest BCUT2D eigenvalue weighted by Gasteiger charge is -2.23. The number of carboxylic acids is 3. The topological polar surface area (TPSA) is 141 Å². The molecule has 1 aromatic carbocycles. The van der Waals surface area contributed by atoms with Crippen LogP contribution in [-0.4, -0.2) is 43.4 Å². The monoisotopic (exact) mass is 398 g/mol. The van der Waals surface area contributed by atoms with E-state index in [2.05, 4.69) is 10.2 Å². The van der Waals surface area contributed by atoms with Crippen LogP contribution in [0.2, 0.25) is 0 Å². The SMILES string of the molecule is CC1(C(=O)O)C=CC=C(C(=O)O)C1.O=C(O)c1c[nH]nc1CCc1ccccc1. The quantitative estimate of drug-likeness (QED) is 0.586. The van der Waals surface area contributed by atoms with Gasteiger partial charge in [0.15, 0.2) is 0 Å². The van der Waals surface area contributed by atoms with Gasteiger partial charge < -0.3 is 15.3 Å². The Labute approximate surface area is 167 Å². The summed E-state index contributed by atoms with van der Waals surface area (Å²) in [5, 5.41) is 32.9. The van der Waals surface area contributed by atoms with Gasteiger partial charge in [0.2, 0.25) is 0 Å². The first-order valence-corrected chi connectivity index (χ1v) is 8.88. The number of rotatable bonds is 6. The molecule has 1 aliphatic carbocycles. The summed E-state index contributed by atoms with van der Waals surface area (Å²) in [6.07, 6.45) is 7.29. The van der Waals surface area contributed by atoms with E-state index in [9.17, 15) is 14.4 Å². The molecule has 29 heavy (non-hydrogen) atoms. The maximum atomic E-state index is 10.8. The number of hydrogen-bond donors (Lipinski definition) is 4. The van der Waals surface area contributed by atoms with E-state index in [1.807, 2.05) is 30.3 Å². The van der Waals surface area contributed by atoms with Gasteiger partial charge >= 0.3 is 17.9 Å². The summed E-state index contributed by atoms with van der Waals surface area (Å²) >= 11 is 0. The number of carbonyl (C=O) groups is 3. The van der Waals surface area contributed by atoms with Gasteiger partial charge in [-0.15, -0.1) is 0 Å². The number of aliphatic carboxylic acids is 2. The van der Waals surface area contributed by atoms with Crippen molar-refractivity contribution in [1.82, 2.24) is 10.2 Å². The van der Waals surface area contributed by atoms with E-state index >= 15 is 0 Å². The second-order valence-electron chi connectivity index (χ2n) is 6.79. The van der Waals surface area contributed by atoms with E-state index in [0.29, 0.717) is 12.1 Å². The highest BCUT2D eigenvalue weighted by atomic mass is 16.4. The molecule has 152 valence electrons. The number of allylic oxidation sites excluding steroid dienone is 2. The maximum absolute atomic E-state index is 10.8. The van der Waals surface area contributed by atoms with E-state index in [1.165, 1.54) is 36.9 Å². The van der Waals surface area contributed by atoms with Gasteiger partial charge in [-0.05, 0) is 31.7 Å². The zero-order chi connectivity index (χ0) is 21.4. The third-order valence-corrected chi connectivity index (χ3v) is 4.53. The molecule has 0 saturated heterocycles. The summed E-state index contributed by atoms with van der Waals surface area (Å²) < 4.78 is 0. The smallest absolute Gasteiger partial charge is 0.339 e. The van der Waals surface area contributed by atoms with Crippen molar-refractivity contribution < 1.29 is 29.7 Å². The number of carboxylic acid groups (broad SMARTS) is 3. The van der Waals surface area contributed by atoms with Crippen molar-refractivity contribution in [3.8, 4) is 0 Å². The van der Waals surface area contributed by atoms with Crippen LogP contribution in [0.25, 0.3) is 0 Å². The van der Waals surface area contributed by atoms with Crippen molar-refractivity contribution in [3.63, 3.8) is 0 Å². The Bertz CT molecular complexity index is 945. The predicted molar refractivity (Wildman–Crippen MR) is 105 cm³/mol. The molecule has 0 spiro atoms. The van der Waals surface area contributed by atoms with E-state index in [4.69, 9.17) is 15.3 Å². The first-order valence-electron chi connectivity index (χ1n) is 8.88. The molecule has 1 heterocycles. The van der Waals surface area contributed by atoms with Crippen LogP contribution < -0.4 is 0 Å². The molecule has 8 heteroatoms. The van der Waals surface area contributed by atoms with Gasteiger partial charge in [0.25, 0.3) is 0 Å². The summed E-state index contributed by atoms with van der Waals surface area (Å²) in [5.74, 6) is -3.00. The van der Waals surface area contributed by atoms with E-state index in [0.717, 1.165) is 6.42 Å². The van der Waals surface area contributed by atoms with Crippen LogP contribution in [0, 0.1) is 5.41 Å². The Hall–Kier alpha value is -3.68. The molecule has 1 aromatic heterocycles. The van der Waals surface area contributed by atoms with Gasteiger partial charge in [0, 0.05) is 11.8 Å².